The third-order valence-corrected chi connectivity index (χ3v) is 7.76. The molecule has 2 saturated carbocycles. The van der Waals surface area contributed by atoms with E-state index in [0.717, 1.165) is 19.3 Å². The van der Waals surface area contributed by atoms with Gasteiger partial charge in [0.1, 0.15) is 11.9 Å². The van der Waals surface area contributed by atoms with Crippen LogP contribution in [-0.2, 0) is 35.1 Å². The second kappa shape index (κ2) is 13.0. The first-order valence-corrected chi connectivity index (χ1v) is 13.4. The number of hydrogen-bond donors (Lipinski definition) is 2. The number of benzene rings is 1. The van der Waals surface area contributed by atoms with E-state index in [0.29, 0.717) is 17.4 Å². The van der Waals surface area contributed by atoms with E-state index >= 15 is 0 Å². The van der Waals surface area contributed by atoms with Gasteiger partial charge in [0, 0.05) is 12.8 Å². The highest BCUT2D eigenvalue weighted by molar-refractivity contribution is 5.83. The number of carbonyl (C=O) groups is 3. The molecular formula is C28H39F2NO8. The number of nitrogens with two attached hydrogens (primary N) is 1. The van der Waals surface area contributed by atoms with Crippen LogP contribution < -0.4 is 5.73 Å². The summed E-state index contributed by atoms with van der Waals surface area (Å²) in [6.45, 7) is 7.60. The molecule has 1 aromatic rings. The molecule has 0 saturated heterocycles. The topological polar surface area (TPSA) is 134 Å². The summed E-state index contributed by atoms with van der Waals surface area (Å²) in [5, 5.41) is 9.18. The predicted octanol–water partition coefficient (Wildman–Crippen LogP) is 4.74. The minimum Gasteiger partial charge on any atom is -0.479 e. The molecule has 2 fully saturated rings. The summed E-state index contributed by atoms with van der Waals surface area (Å²) < 4.78 is 49.5. The lowest BCUT2D eigenvalue weighted by molar-refractivity contribution is -0.173. The molecular weight excluding hydrogens is 516 g/mol. The second-order valence-corrected chi connectivity index (χ2v) is 11.1. The molecule has 9 nitrogen and oxygen atoms in total. The molecule has 0 bridgehead atoms. The number of hydrogen-bond acceptors (Lipinski definition) is 8. The number of ether oxygens (including phenoxy) is 4. The van der Waals surface area contributed by atoms with Crippen LogP contribution in [0.15, 0.2) is 24.3 Å². The Morgan fingerprint density at radius 2 is 1.79 bits per heavy atom. The van der Waals surface area contributed by atoms with Crippen LogP contribution in [0.4, 0.5) is 13.6 Å². The van der Waals surface area contributed by atoms with Gasteiger partial charge in [-0.3, -0.25) is 4.79 Å². The molecule has 8 unspecified atom stereocenters. The van der Waals surface area contributed by atoms with E-state index in [1.807, 2.05) is 0 Å². The maximum absolute atomic E-state index is 14.6. The summed E-state index contributed by atoms with van der Waals surface area (Å²) in [5.74, 6) is -3.00. The fourth-order valence-corrected chi connectivity index (χ4v) is 5.34. The highest BCUT2D eigenvalue weighted by Crippen LogP contribution is 2.49. The quantitative estimate of drug-likeness (QED) is 0.277. The Morgan fingerprint density at radius 3 is 2.38 bits per heavy atom. The van der Waals surface area contributed by atoms with Gasteiger partial charge in [0.15, 0.2) is 0 Å². The zero-order chi connectivity index (χ0) is 28.9. The number of aliphatic carboxylic acids is 1. The first-order valence-electron chi connectivity index (χ1n) is 13.4. The van der Waals surface area contributed by atoms with Crippen molar-refractivity contribution in [1.82, 2.24) is 0 Å². The monoisotopic (exact) mass is 555 g/mol. The summed E-state index contributed by atoms with van der Waals surface area (Å²) in [4.78, 5) is 36.3. The SMILES string of the molecule is CC1CCC(C(C)C)C(OC(=O)OC(C)OC(=O)CC(CC2C(N)C2(F)C(=O)O)OCc2ccc(F)cc2)C1. The van der Waals surface area contributed by atoms with E-state index in [1.165, 1.54) is 31.2 Å². The van der Waals surface area contributed by atoms with Crippen molar-refractivity contribution >= 4 is 18.1 Å². The molecule has 0 aromatic heterocycles. The van der Waals surface area contributed by atoms with Gasteiger partial charge in [-0.2, -0.15) is 0 Å². The fraction of sp³-hybridized carbons (Fsp3) is 0.679. The molecule has 218 valence electrons. The minimum atomic E-state index is -2.61. The number of rotatable bonds is 12. The molecule has 3 N–H and O–H groups in total. The van der Waals surface area contributed by atoms with E-state index in [1.54, 1.807) is 0 Å². The van der Waals surface area contributed by atoms with Crippen LogP contribution in [0, 0.1) is 29.5 Å². The van der Waals surface area contributed by atoms with Gasteiger partial charge in [0.05, 0.1) is 25.2 Å². The van der Waals surface area contributed by atoms with Gasteiger partial charge in [-0.1, -0.05) is 39.3 Å². The third kappa shape index (κ3) is 8.11. The number of carbonyl (C=O) groups excluding carboxylic acids is 2. The number of carboxylic acids is 1. The van der Waals surface area contributed by atoms with Crippen LogP contribution in [0.3, 0.4) is 0 Å². The molecule has 0 heterocycles. The minimum absolute atomic E-state index is 0.0399. The van der Waals surface area contributed by atoms with Crippen molar-refractivity contribution in [2.45, 2.75) is 96.6 Å². The summed E-state index contributed by atoms with van der Waals surface area (Å²) in [6.07, 6.45) is -1.22. The predicted molar refractivity (Wildman–Crippen MR) is 135 cm³/mol. The standard InChI is InChI=1S/C28H39F2NO8/c1-15(2)21-10-5-16(3)11-23(21)39-27(35)38-17(4)37-24(32)13-20(12-22-25(31)28(22,30)26(33)34)36-14-18-6-8-19(29)9-7-18/h6-9,15-17,20-23,25H,5,10-14,31H2,1-4H3,(H,33,34). The number of carboxylic acid groups (broad SMARTS) is 1. The molecule has 8 atom stereocenters. The Bertz CT molecular complexity index is 1010. The van der Waals surface area contributed by atoms with Gasteiger partial charge < -0.3 is 29.8 Å². The summed E-state index contributed by atoms with van der Waals surface area (Å²) in [6, 6.07) is 4.22. The number of alkyl halides is 1. The number of halogens is 2. The largest absolute Gasteiger partial charge is 0.511 e. The van der Waals surface area contributed by atoms with E-state index in [9.17, 15) is 28.3 Å². The molecule has 1 aromatic carbocycles. The lowest BCUT2D eigenvalue weighted by Crippen LogP contribution is -2.37. The van der Waals surface area contributed by atoms with Crippen molar-refractivity contribution in [2.24, 2.45) is 29.4 Å². The lowest BCUT2D eigenvalue weighted by atomic mass is 9.75. The second-order valence-electron chi connectivity index (χ2n) is 11.1. The molecule has 0 aliphatic heterocycles. The molecule has 0 spiro atoms. The summed E-state index contributed by atoms with van der Waals surface area (Å²) in [7, 11) is 0. The maximum Gasteiger partial charge on any atom is 0.511 e. The van der Waals surface area contributed by atoms with Crippen molar-refractivity contribution in [3.05, 3.63) is 35.6 Å². The maximum atomic E-state index is 14.6. The summed E-state index contributed by atoms with van der Waals surface area (Å²) in [5.41, 5.74) is 3.65. The van der Waals surface area contributed by atoms with Gasteiger partial charge in [-0.25, -0.2) is 18.4 Å². The van der Waals surface area contributed by atoms with E-state index in [2.05, 4.69) is 20.8 Å². The first kappa shape index (κ1) is 30.7. The highest BCUT2D eigenvalue weighted by Gasteiger charge is 2.70. The average molecular weight is 556 g/mol. The molecule has 2 aliphatic carbocycles. The Morgan fingerprint density at radius 1 is 1.13 bits per heavy atom. The third-order valence-electron chi connectivity index (χ3n) is 7.76. The van der Waals surface area contributed by atoms with Gasteiger partial charge in [-0.05, 0) is 54.7 Å². The molecule has 0 amide bonds. The van der Waals surface area contributed by atoms with Crippen molar-refractivity contribution in [2.75, 3.05) is 0 Å². The van der Waals surface area contributed by atoms with Crippen molar-refractivity contribution in [3.8, 4) is 0 Å². The van der Waals surface area contributed by atoms with Crippen LogP contribution in [-0.4, -0.2) is 53.4 Å². The molecule has 3 rings (SSSR count). The van der Waals surface area contributed by atoms with Gasteiger partial charge in [0.2, 0.25) is 12.0 Å². The van der Waals surface area contributed by atoms with Crippen LogP contribution in [0.5, 0.6) is 0 Å². The molecule has 39 heavy (non-hydrogen) atoms. The van der Waals surface area contributed by atoms with Crippen molar-refractivity contribution in [3.63, 3.8) is 0 Å². The first-order chi connectivity index (χ1) is 18.3. The van der Waals surface area contributed by atoms with Crippen molar-refractivity contribution in [1.29, 1.82) is 0 Å². The van der Waals surface area contributed by atoms with E-state index in [4.69, 9.17) is 24.7 Å². The van der Waals surface area contributed by atoms with E-state index < -0.39 is 53.9 Å². The fourth-order valence-electron chi connectivity index (χ4n) is 5.34. The Kier molecular flexibility index (Phi) is 10.3. The smallest absolute Gasteiger partial charge is 0.479 e. The van der Waals surface area contributed by atoms with Crippen LogP contribution in [0.25, 0.3) is 0 Å². The molecule has 0 radical (unpaired) electrons. The van der Waals surface area contributed by atoms with Gasteiger partial charge in [-0.15, -0.1) is 0 Å². The Hall–Kier alpha value is -2.79. The average Bonchev–Trinajstić information content (AvgIpc) is 3.37. The van der Waals surface area contributed by atoms with Gasteiger partial charge in [0.25, 0.3) is 0 Å². The normalized spacial score (nSPS) is 29.8. The Labute approximate surface area is 227 Å². The Balaban J connectivity index is 1.54. The zero-order valence-electron chi connectivity index (χ0n) is 22.8. The summed E-state index contributed by atoms with van der Waals surface area (Å²) >= 11 is 0. The van der Waals surface area contributed by atoms with Crippen LogP contribution >= 0.6 is 0 Å². The zero-order valence-corrected chi connectivity index (χ0v) is 22.8. The number of esters is 1. The molecule has 11 heteroatoms. The highest BCUT2D eigenvalue weighted by atomic mass is 19.1. The molecule has 2 aliphatic rings. The van der Waals surface area contributed by atoms with Crippen LogP contribution in [0.2, 0.25) is 0 Å². The lowest BCUT2D eigenvalue weighted by Gasteiger charge is -2.36. The van der Waals surface area contributed by atoms with Crippen molar-refractivity contribution < 1.29 is 47.2 Å². The van der Waals surface area contributed by atoms with E-state index in [-0.39, 0.29) is 31.5 Å². The van der Waals surface area contributed by atoms with Gasteiger partial charge >= 0.3 is 18.1 Å². The van der Waals surface area contributed by atoms with Crippen LogP contribution in [0.1, 0.15) is 65.4 Å².